The smallest absolute Gasteiger partial charge is 0.283 e. The van der Waals surface area contributed by atoms with Crippen LogP contribution < -0.4 is 5.43 Å². The Hall–Kier alpha value is -1.01. The fraction of sp³-hybridized carbons (Fsp3) is 0.500. The summed E-state index contributed by atoms with van der Waals surface area (Å²) in [5.74, 6) is 0. The van der Waals surface area contributed by atoms with Gasteiger partial charge in [0.25, 0.3) is 5.17 Å². The molecule has 2 N–H and O–H groups in total. The van der Waals surface area contributed by atoms with Gasteiger partial charge < -0.3 is 9.84 Å². The van der Waals surface area contributed by atoms with E-state index in [0.717, 1.165) is 0 Å². The van der Waals surface area contributed by atoms with E-state index in [4.69, 9.17) is 17.0 Å². The van der Waals surface area contributed by atoms with Crippen LogP contribution in [0.1, 0.15) is 0 Å². The lowest BCUT2D eigenvalue weighted by molar-refractivity contribution is 0.0525. The molecule has 3 atom stereocenters. The molecule has 5 nitrogen and oxygen atoms in total. The molecule has 2 aliphatic heterocycles. The minimum Gasteiger partial charge on any atom is -0.460 e. The van der Waals surface area contributed by atoms with Gasteiger partial charge in [-0.3, -0.25) is 5.43 Å². The van der Waals surface area contributed by atoms with Crippen molar-refractivity contribution in [1.29, 1.82) is 0 Å². The van der Waals surface area contributed by atoms with E-state index in [-0.39, 0.29) is 11.2 Å². The summed E-state index contributed by atoms with van der Waals surface area (Å²) in [4.78, 5) is 3.79. The average Bonchev–Trinajstić information content (AvgIpc) is 2.07. The number of fused-ring (bicyclic) bond motifs is 1. The van der Waals surface area contributed by atoms with Gasteiger partial charge in [-0.15, -0.1) is 0 Å². The van der Waals surface area contributed by atoms with Crippen LogP contribution in [0.2, 0.25) is 0 Å². The molecule has 0 amide bonds. The average molecular weight is 185 g/mol. The van der Waals surface area contributed by atoms with Crippen molar-refractivity contribution < 1.29 is 9.84 Å². The summed E-state index contributed by atoms with van der Waals surface area (Å²) < 4.78 is 5.13. The Morgan fingerprint density at radius 1 is 1.58 bits per heavy atom. The van der Waals surface area contributed by atoms with Gasteiger partial charge in [0.05, 0.1) is 6.21 Å². The summed E-state index contributed by atoms with van der Waals surface area (Å²) >= 11 is 4.72. The number of nitrogens with one attached hydrogen (secondary N) is 1. The highest BCUT2D eigenvalue weighted by Gasteiger charge is 2.34. The number of aliphatic imine (C=N–C) groups is 1. The topological polar surface area (TPSA) is 66.2 Å². The molecule has 0 aliphatic carbocycles. The van der Waals surface area contributed by atoms with E-state index < -0.39 is 12.2 Å². The second kappa shape index (κ2) is 2.80. The first-order valence-corrected chi connectivity index (χ1v) is 3.90. The Labute approximate surface area is 74.1 Å². The molecule has 6 heteroatoms. The molecule has 0 bridgehead atoms. The van der Waals surface area contributed by atoms with Crippen LogP contribution in [0.5, 0.6) is 0 Å². The van der Waals surface area contributed by atoms with Gasteiger partial charge in [0.15, 0.2) is 6.10 Å². The maximum Gasteiger partial charge on any atom is 0.283 e. The first kappa shape index (κ1) is 7.63. The van der Waals surface area contributed by atoms with Crippen LogP contribution in [0, 0.1) is 0 Å². The normalized spacial score (nSPS) is 38.4. The van der Waals surface area contributed by atoms with Gasteiger partial charge in [0, 0.05) is 6.21 Å². The summed E-state index contributed by atoms with van der Waals surface area (Å²) in [6, 6.07) is -0.184. The molecule has 0 saturated carbocycles. The lowest BCUT2D eigenvalue weighted by atomic mass is 10.1. The molecule has 0 spiro atoms. The van der Waals surface area contributed by atoms with E-state index in [1.165, 1.54) is 6.21 Å². The van der Waals surface area contributed by atoms with Crippen molar-refractivity contribution in [2.45, 2.75) is 18.2 Å². The quantitative estimate of drug-likeness (QED) is 0.478. The van der Waals surface area contributed by atoms with E-state index in [9.17, 15) is 5.11 Å². The Kier molecular flexibility index (Phi) is 1.78. The van der Waals surface area contributed by atoms with Gasteiger partial charge in [0.2, 0.25) is 0 Å². The van der Waals surface area contributed by atoms with Crippen molar-refractivity contribution in [1.82, 2.24) is 5.43 Å². The largest absolute Gasteiger partial charge is 0.460 e. The highest BCUT2D eigenvalue weighted by Crippen LogP contribution is 2.12. The molecule has 2 heterocycles. The van der Waals surface area contributed by atoms with Crippen molar-refractivity contribution in [3.05, 3.63) is 0 Å². The van der Waals surface area contributed by atoms with Gasteiger partial charge in [-0.1, -0.05) is 0 Å². The Morgan fingerprint density at radius 2 is 2.42 bits per heavy atom. The second-order valence-electron chi connectivity index (χ2n) is 2.55. The third-order valence-corrected chi connectivity index (χ3v) is 1.92. The third-order valence-electron chi connectivity index (χ3n) is 1.72. The monoisotopic (exact) mass is 185 g/mol. The number of nitrogens with zero attached hydrogens (tertiary/aromatic N) is 2. The van der Waals surface area contributed by atoms with E-state index in [1.54, 1.807) is 6.21 Å². The number of hydrogen-bond donors (Lipinski definition) is 2. The molecule has 0 aromatic rings. The lowest BCUT2D eigenvalue weighted by Crippen LogP contribution is -2.53. The number of ether oxygens (including phenoxy) is 1. The highest BCUT2D eigenvalue weighted by atomic mass is 32.1. The number of thiocarbonyl (C=S) groups is 1. The van der Waals surface area contributed by atoms with Crippen LogP contribution in [0.25, 0.3) is 0 Å². The van der Waals surface area contributed by atoms with Crippen LogP contribution >= 0.6 is 12.2 Å². The zero-order valence-corrected chi connectivity index (χ0v) is 6.86. The summed E-state index contributed by atoms with van der Waals surface area (Å²) in [5, 5.41) is 13.3. The molecule has 0 saturated heterocycles. The first-order chi connectivity index (χ1) is 5.77. The Morgan fingerprint density at radius 3 is 3.25 bits per heavy atom. The van der Waals surface area contributed by atoms with Crippen LogP contribution in [-0.2, 0) is 4.74 Å². The van der Waals surface area contributed by atoms with Crippen molar-refractivity contribution in [2.24, 2.45) is 10.1 Å². The fourth-order valence-electron chi connectivity index (χ4n) is 1.13. The van der Waals surface area contributed by atoms with Crippen molar-refractivity contribution in [2.75, 3.05) is 0 Å². The summed E-state index contributed by atoms with van der Waals surface area (Å²) in [7, 11) is 0. The molecule has 2 rings (SSSR count). The number of aliphatic hydroxyl groups excluding tert-OH is 1. The molecule has 0 unspecified atom stereocenters. The van der Waals surface area contributed by atoms with Gasteiger partial charge in [-0.25, -0.2) is 4.99 Å². The minimum atomic E-state index is -0.721. The molecular formula is C6H7N3O2S. The van der Waals surface area contributed by atoms with Crippen LogP contribution in [0.4, 0.5) is 0 Å². The summed E-state index contributed by atoms with van der Waals surface area (Å²) in [6.45, 7) is 0. The lowest BCUT2D eigenvalue weighted by Gasteiger charge is -2.31. The van der Waals surface area contributed by atoms with Crippen LogP contribution in [0.3, 0.4) is 0 Å². The minimum absolute atomic E-state index is 0.160. The summed E-state index contributed by atoms with van der Waals surface area (Å²) in [6.07, 6.45) is 1.85. The van der Waals surface area contributed by atoms with Gasteiger partial charge in [-0.2, -0.15) is 5.10 Å². The van der Waals surface area contributed by atoms with Gasteiger partial charge in [0.1, 0.15) is 12.1 Å². The number of rotatable bonds is 0. The van der Waals surface area contributed by atoms with E-state index in [2.05, 4.69) is 15.5 Å². The van der Waals surface area contributed by atoms with Crippen LogP contribution in [0.15, 0.2) is 10.1 Å². The second-order valence-corrected chi connectivity index (χ2v) is 2.90. The fourth-order valence-corrected chi connectivity index (χ4v) is 1.30. The molecule has 0 fully saturated rings. The highest BCUT2D eigenvalue weighted by molar-refractivity contribution is 7.80. The molecular weight excluding hydrogens is 178 g/mol. The van der Waals surface area contributed by atoms with Crippen molar-refractivity contribution >= 4 is 29.8 Å². The molecule has 0 aromatic heterocycles. The predicted octanol–water partition coefficient (Wildman–Crippen LogP) is -0.941. The van der Waals surface area contributed by atoms with Crippen molar-refractivity contribution in [3.63, 3.8) is 0 Å². The molecule has 0 aromatic carbocycles. The zero-order valence-electron chi connectivity index (χ0n) is 6.04. The number of hydrazone groups is 1. The predicted molar refractivity (Wildman–Crippen MR) is 47.4 cm³/mol. The number of hydrogen-bond acceptors (Lipinski definition) is 5. The van der Waals surface area contributed by atoms with Crippen molar-refractivity contribution in [3.8, 4) is 0 Å². The number of aliphatic hydroxyl groups is 1. The van der Waals surface area contributed by atoms with E-state index in [1.807, 2.05) is 0 Å². The summed E-state index contributed by atoms with van der Waals surface area (Å²) in [5.41, 5.74) is 2.75. The first-order valence-electron chi connectivity index (χ1n) is 3.49. The van der Waals surface area contributed by atoms with Gasteiger partial charge >= 0.3 is 0 Å². The SMILES string of the molecule is O[C@@H]1C=NN[C@H]2C=NC(=S)O[C@H]12. The van der Waals surface area contributed by atoms with E-state index in [0.29, 0.717) is 0 Å². The third kappa shape index (κ3) is 1.19. The maximum atomic E-state index is 9.39. The molecule has 0 radical (unpaired) electrons. The standard InChI is InChI=1S/C6H7N3O2S/c10-4-2-8-9-3-1-7-6(12)11-5(3)4/h1-5,9-10H/t3-,4+,5-/m0/s1. The molecule has 2 aliphatic rings. The maximum absolute atomic E-state index is 9.39. The molecule has 12 heavy (non-hydrogen) atoms. The van der Waals surface area contributed by atoms with Crippen LogP contribution in [-0.4, -0.2) is 41.0 Å². The van der Waals surface area contributed by atoms with E-state index >= 15 is 0 Å². The van der Waals surface area contributed by atoms with Gasteiger partial charge in [-0.05, 0) is 12.2 Å². The molecule has 64 valence electrons. The zero-order chi connectivity index (χ0) is 8.55. The Balaban J connectivity index is 2.22. The Bertz CT molecular complexity index is 266.